The van der Waals surface area contributed by atoms with Crippen LogP contribution in [0.4, 0.5) is 5.69 Å². The van der Waals surface area contributed by atoms with Crippen LogP contribution in [0.15, 0.2) is 54.6 Å². The second kappa shape index (κ2) is 9.37. The van der Waals surface area contributed by atoms with Gasteiger partial charge in [-0.05, 0) is 18.1 Å². The molecule has 0 aromatic heterocycles. The Bertz CT molecular complexity index is 742. The van der Waals surface area contributed by atoms with Crippen LogP contribution in [0.5, 0.6) is 0 Å². The first-order valence-corrected chi connectivity index (χ1v) is 8.33. The summed E-state index contributed by atoms with van der Waals surface area (Å²) in [5.74, 6) is -0.691. The number of hydrogen-bond acceptors (Lipinski definition) is 3. The van der Waals surface area contributed by atoms with E-state index >= 15 is 0 Å². The molecule has 0 saturated carbocycles. The minimum absolute atomic E-state index is 0.0621. The molecule has 130 valence electrons. The van der Waals surface area contributed by atoms with E-state index in [1.807, 2.05) is 37.3 Å². The minimum Gasteiger partial charge on any atom is -0.347 e. The molecule has 25 heavy (non-hydrogen) atoms. The van der Waals surface area contributed by atoms with Crippen LogP contribution in [0, 0.1) is 0 Å². The Labute approximate surface area is 147 Å². The highest BCUT2D eigenvalue weighted by molar-refractivity contribution is 5.99. The second-order valence-electron chi connectivity index (χ2n) is 5.62. The van der Waals surface area contributed by atoms with Gasteiger partial charge >= 0.3 is 0 Å². The molecule has 0 aliphatic carbocycles. The van der Waals surface area contributed by atoms with E-state index in [0.717, 1.165) is 17.7 Å². The smallest absolute Gasteiger partial charge is 0.243 e. The number of anilines is 1. The summed E-state index contributed by atoms with van der Waals surface area (Å²) in [6, 6.07) is 16.4. The lowest BCUT2D eigenvalue weighted by molar-refractivity contribution is -0.124. The largest absolute Gasteiger partial charge is 0.347 e. The standard InChI is InChI=1S/C20H22N2O3/c1-2-15-8-6-7-11-17(15)22-20(25)14-21-19(24)13-12-18(23)16-9-4-3-5-10-16/h3-11H,2,12-14H2,1H3,(H,21,24)(H,22,25). The maximum absolute atomic E-state index is 12.0. The number of nitrogens with one attached hydrogen (secondary N) is 2. The zero-order valence-corrected chi connectivity index (χ0v) is 14.2. The molecular formula is C20H22N2O3. The molecule has 0 atom stereocenters. The van der Waals surface area contributed by atoms with Crippen LogP contribution in [0.1, 0.15) is 35.7 Å². The molecule has 0 aliphatic rings. The van der Waals surface area contributed by atoms with E-state index in [4.69, 9.17) is 0 Å². The SMILES string of the molecule is CCc1ccccc1NC(=O)CNC(=O)CCC(=O)c1ccccc1. The van der Waals surface area contributed by atoms with Crippen LogP contribution < -0.4 is 10.6 Å². The zero-order valence-electron chi connectivity index (χ0n) is 14.2. The van der Waals surface area contributed by atoms with Crippen molar-refractivity contribution < 1.29 is 14.4 Å². The Morgan fingerprint density at radius 1 is 0.840 bits per heavy atom. The molecule has 5 nitrogen and oxygen atoms in total. The van der Waals surface area contributed by atoms with Gasteiger partial charge in [-0.3, -0.25) is 14.4 Å². The van der Waals surface area contributed by atoms with Crippen molar-refractivity contribution in [2.45, 2.75) is 26.2 Å². The number of benzene rings is 2. The van der Waals surface area contributed by atoms with Crippen LogP contribution in [0.25, 0.3) is 0 Å². The predicted molar refractivity (Wildman–Crippen MR) is 97.5 cm³/mol. The summed E-state index contributed by atoms with van der Waals surface area (Å²) in [6.07, 6.45) is 0.993. The highest BCUT2D eigenvalue weighted by atomic mass is 16.2. The fraction of sp³-hybridized carbons (Fsp3) is 0.250. The van der Waals surface area contributed by atoms with Gasteiger partial charge in [0, 0.05) is 24.1 Å². The van der Waals surface area contributed by atoms with E-state index in [1.165, 1.54) is 0 Å². The van der Waals surface area contributed by atoms with Crippen LogP contribution in [-0.4, -0.2) is 24.1 Å². The fourth-order valence-corrected chi connectivity index (χ4v) is 2.41. The topological polar surface area (TPSA) is 75.3 Å². The number of Topliss-reactive ketones (excluding diaryl/α,β-unsaturated/α-hetero) is 1. The molecule has 2 amide bonds. The van der Waals surface area contributed by atoms with Crippen LogP contribution in [-0.2, 0) is 16.0 Å². The van der Waals surface area contributed by atoms with Crippen LogP contribution in [0.2, 0.25) is 0 Å². The number of rotatable bonds is 8. The van der Waals surface area contributed by atoms with Gasteiger partial charge in [0.15, 0.2) is 5.78 Å². The van der Waals surface area contributed by atoms with E-state index < -0.39 is 0 Å². The molecule has 0 radical (unpaired) electrons. The highest BCUT2D eigenvalue weighted by Crippen LogP contribution is 2.15. The Morgan fingerprint density at radius 2 is 1.52 bits per heavy atom. The molecule has 0 unspecified atom stereocenters. The molecule has 0 aliphatic heterocycles. The molecule has 5 heteroatoms. The summed E-state index contributed by atoms with van der Waals surface area (Å²) in [5, 5.41) is 5.33. The van der Waals surface area contributed by atoms with Crippen molar-refractivity contribution >= 4 is 23.3 Å². The monoisotopic (exact) mass is 338 g/mol. The van der Waals surface area contributed by atoms with Gasteiger partial charge in [0.2, 0.25) is 11.8 Å². The van der Waals surface area contributed by atoms with Crippen molar-refractivity contribution in [1.82, 2.24) is 5.32 Å². The van der Waals surface area contributed by atoms with Crippen molar-refractivity contribution in [3.05, 3.63) is 65.7 Å². The number of aryl methyl sites for hydroxylation is 1. The number of ketones is 1. The normalized spacial score (nSPS) is 10.1. The van der Waals surface area contributed by atoms with E-state index in [-0.39, 0.29) is 37.0 Å². The van der Waals surface area contributed by atoms with Crippen LogP contribution in [0.3, 0.4) is 0 Å². The van der Waals surface area contributed by atoms with Gasteiger partial charge < -0.3 is 10.6 Å². The Kier molecular flexibility index (Phi) is 6.89. The number of para-hydroxylation sites is 1. The predicted octanol–water partition coefficient (Wildman–Crippen LogP) is 2.97. The molecule has 0 heterocycles. The fourth-order valence-electron chi connectivity index (χ4n) is 2.41. The Hall–Kier alpha value is -2.95. The molecule has 2 rings (SSSR count). The number of amides is 2. The molecule has 2 aromatic carbocycles. The van der Waals surface area contributed by atoms with Gasteiger partial charge in [-0.2, -0.15) is 0 Å². The van der Waals surface area contributed by atoms with Crippen molar-refractivity contribution in [2.75, 3.05) is 11.9 Å². The lowest BCUT2D eigenvalue weighted by Crippen LogP contribution is -2.33. The van der Waals surface area contributed by atoms with Crippen LogP contribution >= 0.6 is 0 Å². The van der Waals surface area contributed by atoms with Gasteiger partial charge in [-0.25, -0.2) is 0 Å². The third-order valence-electron chi connectivity index (χ3n) is 3.79. The second-order valence-corrected chi connectivity index (χ2v) is 5.62. The van der Waals surface area contributed by atoms with E-state index in [0.29, 0.717) is 5.56 Å². The molecule has 0 fully saturated rings. The molecule has 2 aromatic rings. The zero-order chi connectivity index (χ0) is 18.1. The first-order chi connectivity index (χ1) is 12.1. The van der Waals surface area contributed by atoms with Crippen molar-refractivity contribution in [2.24, 2.45) is 0 Å². The summed E-state index contributed by atoms with van der Waals surface area (Å²) >= 11 is 0. The summed E-state index contributed by atoms with van der Waals surface area (Å²) in [6.45, 7) is 1.90. The van der Waals surface area contributed by atoms with E-state index in [2.05, 4.69) is 10.6 Å². The summed E-state index contributed by atoms with van der Waals surface area (Å²) in [5.41, 5.74) is 2.38. The molecule has 0 bridgehead atoms. The summed E-state index contributed by atoms with van der Waals surface area (Å²) in [4.78, 5) is 35.7. The van der Waals surface area contributed by atoms with Crippen molar-refractivity contribution in [3.63, 3.8) is 0 Å². The van der Waals surface area contributed by atoms with Crippen molar-refractivity contribution in [3.8, 4) is 0 Å². The average Bonchev–Trinajstić information content (AvgIpc) is 2.65. The molecule has 0 saturated heterocycles. The van der Waals surface area contributed by atoms with Gasteiger partial charge in [0.1, 0.15) is 0 Å². The van der Waals surface area contributed by atoms with E-state index in [1.54, 1.807) is 24.3 Å². The van der Waals surface area contributed by atoms with Crippen molar-refractivity contribution in [1.29, 1.82) is 0 Å². The Morgan fingerprint density at radius 3 is 2.24 bits per heavy atom. The lowest BCUT2D eigenvalue weighted by Gasteiger charge is -2.10. The molecule has 0 spiro atoms. The third-order valence-corrected chi connectivity index (χ3v) is 3.79. The third kappa shape index (κ3) is 5.88. The maximum atomic E-state index is 12.0. The summed E-state index contributed by atoms with van der Waals surface area (Å²) in [7, 11) is 0. The van der Waals surface area contributed by atoms with Gasteiger partial charge in [-0.1, -0.05) is 55.5 Å². The average molecular weight is 338 g/mol. The van der Waals surface area contributed by atoms with Gasteiger partial charge in [0.25, 0.3) is 0 Å². The summed E-state index contributed by atoms with van der Waals surface area (Å²) < 4.78 is 0. The maximum Gasteiger partial charge on any atom is 0.243 e. The van der Waals surface area contributed by atoms with E-state index in [9.17, 15) is 14.4 Å². The number of carbonyl (C=O) groups excluding carboxylic acids is 3. The first-order valence-electron chi connectivity index (χ1n) is 8.33. The number of carbonyl (C=O) groups is 3. The molecule has 2 N–H and O–H groups in total. The highest BCUT2D eigenvalue weighted by Gasteiger charge is 2.11. The number of hydrogen-bond donors (Lipinski definition) is 2. The lowest BCUT2D eigenvalue weighted by atomic mass is 10.1. The Balaban J connectivity index is 1.74. The quantitative estimate of drug-likeness (QED) is 0.727. The van der Waals surface area contributed by atoms with Gasteiger partial charge in [0.05, 0.1) is 6.54 Å². The van der Waals surface area contributed by atoms with Gasteiger partial charge in [-0.15, -0.1) is 0 Å². The first kappa shape index (κ1) is 18.4. The molecular weight excluding hydrogens is 316 g/mol. The minimum atomic E-state index is -0.316.